The topological polar surface area (TPSA) is 77.2 Å². The smallest absolute Gasteiger partial charge is 0.230 e. The summed E-state index contributed by atoms with van der Waals surface area (Å²) in [5.74, 6) is 1.16. The zero-order valence-electron chi connectivity index (χ0n) is 17.9. The van der Waals surface area contributed by atoms with Gasteiger partial charge in [-0.3, -0.25) is 14.7 Å². The van der Waals surface area contributed by atoms with Crippen LogP contribution in [0.5, 0.6) is 0 Å². The Kier molecular flexibility index (Phi) is 9.19. The van der Waals surface area contributed by atoms with E-state index in [1.54, 1.807) is 11.2 Å². The molecule has 3 rings (SSSR count). The lowest BCUT2D eigenvalue weighted by Gasteiger charge is -2.37. The lowest BCUT2D eigenvalue weighted by molar-refractivity contribution is -0.138. The highest BCUT2D eigenvalue weighted by Crippen LogP contribution is 2.39. The van der Waals surface area contributed by atoms with Crippen molar-refractivity contribution in [2.75, 3.05) is 53.4 Å². The molecule has 1 N–H and O–H groups in total. The van der Waals surface area contributed by atoms with Crippen molar-refractivity contribution >= 4 is 35.8 Å². The Morgan fingerprint density at radius 3 is 2.52 bits per heavy atom. The van der Waals surface area contributed by atoms with Crippen molar-refractivity contribution in [3.05, 3.63) is 18.0 Å². The van der Waals surface area contributed by atoms with E-state index in [1.165, 1.54) is 0 Å². The zero-order valence-corrected chi connectivity index (χ0v) is 20.2. The van der Waals surface area contributed by atoms with Crippen LogP contribution in [0.15, 0.2) is 21.8 Å². The van der Waals surface area contributed by atoms with Crippen LogP contribution in [-0.4, -0.2) is 85.1 Å². The van der Waals surface area contributed by atoms with Crippen LogP contribution < -0.4 is 5.32 Å². The number of halogens is 1. The lowest BCUT2D eigenvalue weighted by Crippen LogP contribution is -2.52. The summed E-state index contributed by atoms with van der Waals surface area (Å²) < 4.78 is 4.93. The van der Waals surface area contributed by atoms with Crippen molar-refractivity contribution < 1.29 is 9.32 Å². The summed E-state index contributed by atoms with van der Waals surface area (Å²) in [5, 5.41) is 7.43. The largest absolute Gasteiger partial charge is 0.364 e. The van der Waals surface area contributed by atoms with Gasteiger partial charge in [0.15, 0.2) is 5.96 Å². The predicted molar refractivity (Wildman–Crippen MR) is 124 cm³/mol. The highest BCUT2D eigenvalue weighted by Gasteiger charge is 2.42. The Morgan fingerprint density at radius 1 is 1.28 bits per heavy atom. The minimum Gasteiger partial charge on any atom is -0.364 e. The Bertz CT molecular complexity index is 650. The fourth-order valence-corrected chi connectivity index (χ4v) is 4.28. The maximum Gasteiger partial charge on any atom is 0.230 e. The number of carbonyl (C=O) groups excluding carboxylic acids is 1. The molecule has 29 heavy (non-hydrogen) atoms. The van der Waals surface area contributed by atoms with Gasteiger partial charge in [-0.2, -0.15) is 0 Å². The number of hydrogen-bond donors (Lipinski definition) is 1. The first-order chi connectivity index (χ1) is 13.5. The molecule has 2 heterocycles. The van der Waals surface area contributed by atoms with Gasteiger partial charge in [0.2, 0.25) is 5.91 Å². The molecule has 0 unspecified atom stereocenters. The number of carbonyl (C=O) groups is 1. The standard InChI is InChI=1S/C20H34N6O2.HI/c1-4-21-19(22-16-20(8-5-6-9-20)18(27)24(2)3)26-12-10-25(11-13-26)15-17-7-14-28-23-17;/h7,14H,4-6,8-13,15-16H2,1-3H3,(H,21,22);1H. The number of guanidine groups is 1. The van der Waals surface area contributed by atoms with Gasteiger partial charge in [0.05, 0.1) is 17.7 Å². The maximum atomic E-state index is 12.8. The highest BCUT2D eigenvalue weighted by molar-refractivity contribution is 14.0. The van der Waals surface area contributed by atoms with Crippen LogP contribution in [0, 0.1) is 5.41 Å². The van der Waals surface area contributed by atoms with E-state index in [2.05, 4.69) is 27.2 Å². The van der Waals surface area contributed by atoms with Crippen LogP contribution in [0.2, 0.25) is 0 Å². The molecule has 0 aromatic carbocycles. The van der Waals surface area contributed by atoms with Gasteiger partial charge in [-0.15, -0.1) is 24.0 Å². The van der Waals surface area contributed by atoms with Gasteiger partial charge in [-0.25, -0.2) is 0 Å². The van der Waals surface area contributed by atoms with Gasteiger partial charge in [0.1, 0.15) is 6.26 Å². The fraction of sp³-hybridized carbons (Fsp3) is 0.750. The zero-order chi connectivity index (χ0) is 20.0. The Morgan fingerprint density at radius 2 is 1.97 bits per heavy atom. The first kappa shape index (κ1) is 23.9. The Hall–Kier alpha value is -1.36. The molecule has 0 radical (unpaired) electrons. The monoisotopic (exact) mass is 518 g/mol. The number of nitrogens with zero attached hydrogens (tertiary/aromatic N) is 5. The number of aromatic nitrogens is 1. The molecule has 164 valence electrons. The van der Waals surface area contributed by atoms with Crippen molar-refractivity contribution in [2.24, 2.45) is 10.4 Å². The van der Waals surface area contributed by atoms with Crippen LogP contribution in [0.3, 0.4) is 0 Å². The van der Waals surface area contributed by atoms with Crippen molar-refractivity contribution in [1.29, 1.82) is 0 Å². The van der Waals surface area contributed by atoms with Gasteiger partial charge in [-0.05, 0) is 19.8 Å². The second kappa shape index (κ2) is 11.1. The third-order valence-electron chi connectivity index (χ3n) is 5.84. The third kappa shape index (κ3) is 6.07. The number of aliphatic imine (C=N–C) groups is 1. The number of amides is 1. The molecule has 0 atom stereocenters. The van der Waals surface area contributed by atoms with Gasteiger partial charge in [0, 0.05) is 59.4 Å². The molecular weight excluding hydrogens is 483 g/mol. The molecule has 2 aliphatic rings. The van der Waals surface area contributed by atoms with Gasteiger partial charge in [-0.1, -0.05) is 18.0 Å². The molecule has 1 saturated carbocycles. The first-order valence-corrected chi connectivity index (χ1v) is 10.4. The molecule has 1 saturated heterocycles. The van der Waals surface area contributed by atoms with Crippen LogP contribution in [0.1, 0.15) is 38.3 Å². The summed E-state index contributed by atoms with van der Waals surface area (Å²) in [5.41, 5.74) is 0.651. The fourth-order valence-electron chi connectivity index (χ4n) is 4.28. The van der Waals surface area contributed by atoms with Crippen molar-refractivity contribution in [3.63, 3.8) is 0 Å². The van der Waals surface area contributed by atoms with E-state index in [4.69, 9.17) is 9.52 Å². The molecule has 8 nitrogen and oxygen atoms in total. The van der Waals surface area contributed by atoms with Crippen molar-refractivity contribution in [1.82, 2.24) is 25.2 Å². The minimum absolute atomic E-state index is 0. The quantitative estimate of drug-likeness (QED) is 0.353. The van der Waals surface area contributed by atoms with E-state index >= 15 is 0 Å². The highest BCUT2D eigenvalue weighted by atomic mass is 127. The number of piperazine rings is 1. The molecule has 2 fully saturated rings. The van der Waals surface area contributed by atoms with E-state index in [0.717, 1.165) is 76.6 Å². The van der Waals surface area contributed by atoms with Gasteiger partial charge < -0.3 is 19.6 Å². The molecule has 1 aliphatic carbocycles. The predicted octanol–water partition coefficient (Wildman–Crippen LogP) is 2.02. The van der Waals surface area contributed by atoms with E-state index in [9.17, 15) is 4.79 Å². The van der Waals surface area contributed by atoms with E-state index in [-0.39, 0.29) is 35.3 Å². The van der Waals surface area contributed by atoms with Crippen LogP contribution in [-0.2, 0) is 11.3 Å². The molecule has 1 aromatic heterocycles. The van der Waals surface area contributed by atoms with E-state index in [1.807, 2.05) is 20.2 Å². The average Bonchev–Trinajstić information content (AvgIpc) is 3.38. The molecule has 1 aliphatic heterocycles. The van der Waals surface area contributed by atoms with E-state index < -0.39 is 0 Å². The van der Waals surface area contributed by atoms with Crippen molar-refractivity contribution in [3.8, 4) is 0 Å². The average molecular weight is 518 g/mol. The molecule has 1 amide bonds. The summed E-state index contributed by atoms with van der Waals surface area (Å²) >= 11 is 0. The van der Waals surface area contributed by atoms with E-state index in [0.29, 0.717) is 6.54 Å². The molecule has 1 aromatic rings. The summed E-state index contributed by atoms with van der Waals surface area (Å²) in [6, 6.07) is 1.92. The SMILES string of the molecule is CCNC(=NCC1(C(=O)N(C)C)CCCC1)N1CCN(Cc2ccon2)CC1.I. The minimum atomic E-state index is -0.320. The first-order valence-electron chi connectivity index (χ1n) is 10.4. The van der Waals surface area contributed by atoms with Crippen LogP contribution in [0.4, 0.5) is 0 Å². The number of hydrogen-bond acceptors (Lipinski definition) is 5. The molecule has 0 bridgehead atoms. The second-order valence-corrected chi connectivity index (χ2v) is 8.11. The van der Waals surface area contributed by atoms with Crippen LogP contribution >= 0.6 is 24.0 Å². The summed E-state index contributed by atoms with van der Waals surface area (Å²) in [6.07, 6.45) is 5.74. The number of nitrogens with one attached hydrogen (secondary N) is 1. The molecule has 0 spiro atoms. The number of rotatable bonds is 6. The third-order valence-corrected chi connectivity index (χ3v) is 5.84. The molecule has 9 heteroatoms. The van der Waals surface area contributed by atoms with Gasteiger partial charge >= 0.3 is 0 Å². The van der Waals surface area contributed by atoms with Crippen LogP contribution in [0.25, 0.3) is 0 Å². The summed E-state index contributed by atoms with van der Waals surface area (Å²) in [6.45, 7) is 8.05. The lowest BCUT2D eigenvalue weighted by atomic mass is 9.85. The van der Waals surface area contributed by atoms with Crippen molar-refractivity contribution in [2.45, 2.75) is 39.2 Å². The normalized spacial score (nSPS) is 19.7. The second-order valence-electron chi connectivity index (χ2n) is 8.11. The van der Waals surface area contributed by atoms with Gasteiger partial charge in [0.25, 0.3) is 0 Å². The Labute approximate surface area is 191 Å². The summed E-state index contributed by atoms with van der Waals surface area (Å²) in [4.78, 5) is 24.2. The Balaban J connectivity index is 0.00000300. The summed E-state index contributed by atoms with van der Waals surface area (Å²) in [7, 11) is 3.71. The maximum absolute atomic E-state index is 12.8. The molecular formula is C20H35IN6O2.